The van der Waals surface area contributed by atoms with E-state index in [1.807, 2.05) is 6.92 Å². The Morgan fingerprint density at radius 2 is 1.31 bits per heavy atom. The quantitative estimate of drug-likeness (QED) is 0.173. The van der Waals surface area contributed by atoms with Crippen LogP contribution in [0.25, 0.3) is 0 Å². The first-order valence-corrected chi connectivity index (χ1v) is 13.2. The molecular weight excluding hydrogens is 475 g/mol. The fraction of sp³-hybridized carbons (Fsp3) is 0.958. The Bertz CT molecular complexity index is 503. The van der Waals surface area contributed by atoms with Crippen LogP contribution in [0.5, 0.6) is 0 Å². The first-order valence-electron chi connectivity index (χ1n) is 13.2. The number of carbonyl (C=O) groups is 1. The summed E-state index contributed by atoms with van der Waals surface area (Å²) in [5.41, 5.74) is 5.23. The summed E-state index contributed by atoms with van der Waals surface area (Å²) in [6, 6.07) is 0. The molecule has 0 saturated carbocycles. The van der Waals surface area contributed by atoms with Gasteiger partial charge in [-0.15, -0.1) is 0 Å². The smallest absolute Gasteiger partial charge is 0.407 e. The van der Waals surface area contributed by atoms with Gasteiger partial charge in [0, 0.05) is 52.4 Å². The Morgan fingerprint density at radius 1 is 0.806 bits per heavy atom. The van der Waals surface area contributed by atoms with Crippen LogP contribution in [-0.2, 0) is 28.4 Å². The van der Waals surface area contributed by atoms with E-state index in [0.29, 0.717) is 72.6 Å². The van der Waals surface area contributed by atoms with Gasteiger partial charge >= 0.3 is 6.09 Å². The van der Waals surface area contributed by atoms with Crippen molar-refractivity contribution >= 4 is 6.09 Å². The van der Waals surface area contributed by atoms with E-state index in [-0.39, 0.29) is 13.2 Å². The lowest BCUT2D eigenvalue weighted by Gasteiger charge is -2.34. The molecule has 1 aliphatic rings. The van der Waals surface area contributed by atoms with Gasteiger partial charge in [0.25, 0.3) is 0 Å². The van der Waals surface area contributed by atoms with Crippen molar-refractivity contribution in [2.24, 2.45) is 5.73 Å². The highest BCUT2D eigenvalue weighted by Gasteiger charge is 2.16. The number of piperazine rings is 1. The number of halogens is 1. The second-order valence-corrected chi connectivity index (χ2v) is 8.46. The molecule has 12 heteroatoms. The summed E-state index contributed by atoms with van der Waals surface area (Å²) in [6.07, 6.45) is 0.394. The van der Waals surface area contributed by atoms with Gasteiger partial charge < -0.3 is 39.5 Å². The van der Waals surface area contributed by atoms with Crippen molar-refractivity contribution in [2.75, 3.05) is 125 Å². The number of nitrogens with zero attached hydrogens (tertiary/aromatic N) is 2. The van der Waals surface area contributed by atoms with E-state index < -0.39 is 12.3 Å². The zero-order valence-electron chi connectivity index (χ0n) is 22.1. The van der Waals surface area contributed by atoms with Gasteiger partial charge in [-0.25, -0.2) is 9.18 Å². The van der Waals surface area contributed by atoms with E-state index >= 15 is 0 Å². The zero-order chi connectivity index (χ0) is 26.1. The Hall–Kier alpha value is -1.12. The SMILES string of the molecule is CCCCOC(=O)NCCOCCOCCOCCOCCN1CCN(CCOCC(F)CN)CC1. The monoisotopic (exact) mass is 524 g/mol. The molecule has 1 atom stereocenters. The van der Waals surface area contributed by atoms with Gasteiger partial charge in [-0.05, 0) is 6.42 Å². The summed E-state index contributed by atoms with van der Waals surface area (Å²) in [5, 5.41) is 2.63. The molecule has 11 nitrogen and oxygen atoms in total. The van der Waals surface area contributed by atoms with Crippen LogP contribution in [0.1, 0.15) is 19.8 Å². The lowest BCUT2D eigenvalue weighted by atomic mass is 10.3. The molecule has 1 amide bonds. The minimum absolute atomic E-state index is 0.0123. The summed E-state index contributed by atoms with van der Waals surface area (Å²) in [5.74, 6) is 0. The predicted octanol–water partition coefficient (Wildman–Crippen LogP) is 0.510. The number of nitrogens with two attached hydrogens (primary N) is 1. The number of nitrogens with one attached hydrogen (secondary N) is 1. The Kier molecular flexibility index (Phi) is 22.1. The van der Waals surface area contributed by atoms with Gasteiger partial charge in [0.2, 0.25) is 0 Å². The highest BCUT2D eigenvalue weighted by atomic mass is 19.1. The van der Waals surface area contributed by atoms with Crippen molar-refractivity contribution in [3.05, 3.63) is 0 Å². The number of alkyl carbamates (subject to hydrolysis) is 1. The average molecular weight is 525 g/mol. The summed E-state index contributed by atoms with van der Waals surface area (Å²) in [7, 11) is 0. The molecule has 0 aromatic rings. The molecule has 214 valence electrons. The van der Waals surface area contributed by atoms with E-state index in [9.17, 15) is 9.18 Å². The molecule has 1 unspecified atom stereocenters. The van der Waals surface area contributed by atoms with E-state index in [1.54, 1.807) is 0 Å². The normalized spacial score (nSPS) is 15.8. The molecule has 0 spiro atoms. The number of hydrogen-bond donors (Lipinski definition) is 2. The van der Waals surface area contributed by atoms with Gasteiger partial charge in [0.15, 0.2) is 0 Å². The first-order chi connectivity index (χ1) is 17.7. The summed E-state index contributed by atoms with van der Waals surface area (Å²) < 4.78 is 45.3. The molecule has 1 heterocycles. The van der Waals surface area contributed by atoms with Gasteiger partial charge in [-0.2, -0.15) is 0 Å². The fourth-order valence-electron chi connectivity index (χ4n) is 3.25. The second-order valence-electron chi connectivity index (χ2n) is 8.46. The summed E-state index contributed by atoms with van der Waals surface area (Å²) in [4.78, 5) is 16.0. The van der Waals surface area contributed by atoms with Gasteiger partial charge in [-0.3, -0.25) is 9.80 Å². The maximum absolute atomic E-state index is 13.0. The van der Waals surface area contributed by atoms with E-state index in [0.717, 1.165) is 52.1 Å². The molecule has 0 aromatic heterocycles. The van der Waals surface area contributed by atoms with Crippen LogP contribution in [0.3, 0.4) is 0 Å². The third kappa shape index (κ3) is 20.0. The lowest BCUT2D eigenvalue weighted by Crippen LogP contribution is -2.48. The minimum atomic E-state index is -1.07. The minimum Gasteiger partial charge on any atom is -0.450 e. The summed E-state index contributed by atoms with van der Waals surface area (Å²) in [6.45, 7) is 13.4. The molecule has 1 saturated heterocycles. The van der Waals surface area contributed by atoms with Gasteiger partial charge in [0.05, 0.1) is 72.7 Å². The van der Waals surface area contributed by atoms with Crippen molar-refractivity contribution in [3.63, 3.8) is 0 Å². The average Bonchev–Trinajstić information content (AvgIpc) is 2.89. The molecule has 0 bridgehead atoms. The Morgan fingerprint density at radius 3 is 1.83 bits per heavy atom. The Labute approximate surface area is 216 Å². The van der Waals surface area contributed by atoms with Crippen LogP contribution in [0, 0.1) is 0 Å². The van der Waals surface area contributed by atoms with Gasteiger partial charge in [0.1, 0.15) is 6.17 Å². The zero-order valence-corrected chi connectivity index (χ0v) is 22.1. The van der Waals surface area contributed by atoms with Crippen molar-refractivity contribution in [1.82, 2.24) is 15.1 Å². The molecule has 0 radical (unpaired) electrons. The number of hydrogen-bond acceptors (Lipinski definition) is 10. The molecule has 0 aliphatic carbocycles. The third-order valence-corrected chi connectivity index (χ3v) is 5.49. The highest BCUT2D eigenvalue weighted by Crippen LogP contribution is 2.01. The third-order valence-electron chi connectivity index (χ3n) is 5.49. The van der Waals surface area contributed by atoms with Crippen molar-refractivity contribution < 1.29 is 37.6 Å². The predicted molar refractivity (Wildman–Crippen MR) is 135 cm³/mol. The summed E-state index contributed by atoms with van der Waals surface area (Å²) >= 11 is 0. The second kappa shape index (κ2) is 24.2. The Balaban J connectivity index is 1.76. The van der Waals surface area contributed by atoms with Crippen molar-refractivity contribution in [3.8, 4) is 0 Å². The van der Waals surface area contributed by atoms with Crippen LogP contribution >= 0.6 is 0 Å². The topological polar surface area (TPSA) is 117 Å². The molecule has 0 aromatic carbocycles. The van der Waals surface area contributed by atoms with Crippen molar-refractivity contribution in [1.29, 1.82) is 0 Å². The van der Waals surface area contributed by atoms with Gasteiger partial charge in [-0.1, -0.05) is 13.3 Å². The molecule has 1 rings (SSSR count). The van der Waals surface area contributed by atoms with E-state index in [2.05, 4.69) is 15.1 Å². The van der Waals surface area contributed by atoms with Crippen LogP contribution < -0.4 is 11.1 Å². The van der Waals surface area contributed by atoms with Crippen LogP contribution in [0.2, 0.25) is 0 Å². The first kappa shape index (κ1) is 32.9. The molecule has 3 N–H and O–H groups in total. The maximum atomic E-state index is 13.0. The van der Waals surface area contributed by atoms with Crippen LogP contribution in [0.4, 0.5) is 9.18 Å². The number of amides is 1. The molecule has 1 fully saturated rings. The number of ether oxygens (including phenoxy) is 6. The largest absolute Gasteiger partial charge is 0.450 e. The fourth-order valence-corrected chi connectivity index (χ4v) is 3.25. The standard InChI is InChI=1S/C24H49FN4O7/c1-2-3-11-36-24(30)27-4-12-31-15-17-33-19-20-34-18-16-32-13-9-28-5-7-29(8-6-28)10-14-35-22-23(25)21-26/h23H,2-22,26H2,1H3,(H,27,30). The number of rotatable bonds is 24. The molecule has 36 heavy (non-hydrogen) atoms. The highest BCUT2D eigenvalue weighted by molar-refractivity contribution is 5.66. The van der Waals surface area contributed by atoms with E-state index in [1.165, 1.54) is 0 Å². The number of carbonyl (C=O) groups excluding carboxylic acids is 1. The molecular formula is C24H49FN4O7. The van der Waals surface area contributed by atoms with Crippen LogP contribution in [0.15, 0.2) is 0 Å². The van der Waals surface area contributed by atoms with Crippen LogP contribution in [-0.4, -0.2) is 147 Å². The number of alkyl halides is 1. The van der Waals surface area contributed by atoms with Crippen molar-refractivity contribution in [2.45, 2.75) is 25.9 Å². The van der Waals surface area contributed by atoms with E-state index in [4.69, 9.17) is 34.2 Å². The lowest BCUT2D eigenvalue weighted by molar-refractivity contribution is -0.00539. The molecule has 1 aliphatic heterocycles. The maximum Gasteiger partial charge on any atom is 0.407 e. The number of unbranched alkanes of at least 4 members (excludes halogenated alkanes) is 1.